The first-order chi connectivity index (χ1) is 10.3. The van der Waals surface area contributed by atoms with Crippen LogP contribution in [0.25, 0.3) is 11.5 Å². The van der Waals surface area contributed by atoms with E-state index in [4.69, 9.17) is 9.26 Å². The molecule has 1 aromatic carbocycles. The monoisotopic (exact) mass is 324 g/mol. The molecule has 118 valence electrons. The number of amides is 1. The first kappa shape index (κ1) is 16.3. The summed E-state index contributed by atoms with van der Waals surface area (Å²) in [5.41, 5.74) is 0.712. The zero-order valence-corrected chi connectivity index (χ0v) is 12.9. The van der Waals surface area contributed by atoms with Gasteiger partial charge in [-0.05, 0) is 18.2 Å². The molecule has 0 spiro atoms. The summed E-state index contributed by atoms with van der Waals surface area (Å²) in [6, 6.07) is 7.23. The van der Waals surface area contributed by atoms with Crippen molar-refractivity contribution < 1.29 is 14.1 Å². The van der Waals surface area contributed by atoms with Crippen molar-refractivity contribution in [1.29, 1.82) is 0 Å². The van der Waals surface area contributed by atoms with Crippen molar-refractivity contribution in [3.8, 4) is 17.2 Å². The molecule has 0 saturated carbocycles. The van der Waals surface area contributed by atoms with Crippen molar-refractivity contribution >= 4 is 18.3 Å². The molecule has 3 rings (SSSR count). The fourth-order valence-electron chi connectivity index (χ4n) is 2.00. The van der Waals surface area contributed by atoms with E-state index in [0.29, 0.717) is 29.7 Å². The van der Waals surface area contributed by atoms with E-state index < -0.39 is 0 Å². The standard InChI is InChI=1S/C14H16N4O3.ClH/c1-20-11-4-2-3-10(5-11)14-17-12(18-21-14)13(19)16-8-9-6-15-7-9;/h2-5,9,15H,6-8H2,1H3,(H,16,19);1H. The summed E-state index contributed by atoms with van der Waals surface area (Å²) in [6.45, 7) is 2.48. The van der Waals surface area contributed by atoms with Gasteiger partial charge in [0, 0.05) is 31.1 Å². The number of aromatic nitrogens is 2. The number of benzene rings is 1. The van der Waals surface area contributed by atoms with E-state index in [2.05, 4.69) is 20.8 Å². The second-order valence-electron chi connectivity index (χ2n) is 4.89. The predicted molar refractivity (Wildman–Crippen MR) is 82.2 cm³/mol. The number of carbonyl (C=O) groups is 1. The molecule has 8 heteroatoms. The minimum Gasteiger partial charge on any atom is -0.497 e. The van der Waals surface area contributed by atoms with Gasteiger partial charge in [-0.3, -0.25) is 4.79 Å². The summed E-state index contributed by atoms with van der Waals surface area (Å²) in [7, 11) is 1.58. The quantitative estimate of drug-likeness (QED) is 0.856. The summed E-state index contributed by atoms with van der Waals surface area (Å²) in [5.74, 6) is 1.19. The molecule has 1 saturated heterocycles. The lowest BCUT2D eigenvalue weighted by Crippen LogP contribution is -2.48. The molecule has 2 heterocycles. The van der Waals surface area contributed by atoms with Crippen LogP contribution in [0.3, 0.4) is 0 Å². The van der Waals surface area contributed by atoms with Crippen molar-refractivity contribution in [2.75, 3.05) is 26.7 Å². The maximum Gasteiger partial charge on any atom is 0.292 e. The van der Waals surface area contributed by atoms with Gasteiger partial charge in [-0.1, -0.05) is 11.2 Å². The molecular formula is C14H17ClN4O3. The maximum absolute atomic E-state index is 11.9. The summed E-state index contributed by atoms with van der Waals surface area (Å²) >= 11 is 0. The van der Waals surface area contributed by atoms with E-state index in [1.165, 1.54) is 0 Å². The van der Waals surface area contributed by atoms with E-state index in [-0.39, 0.29) is 24.1 Å². The number of halogens is 1. The van der Waals surface area contributed by atoms with Gasteiger partial charge in [-0.15, -0.1) is 12.4 Å². The van der Waals surface area contributed by atoms with Gasteiger partial charge in [-0.25, -0.2) is 0 Å². The number of carbonyl (C=O) groups excluding carboxylic acids is 1. The van der Waals surface area contributed by atoms with Gasteiger partial charge in [0.25, 0.3) is 17.6 Å². The average molecular weight is 325 g/mol. The highest BCUT2D eigenvalue weighted by atomic mass is 35.5. The Kier molecular flexibility index (Phi) is 5.35. The molecule has 22 heavy (non-hydrogen) atoms. The summed E-state index contributed by atoms with van der Waals surface area (Å²) < 4.78 is 10.3. The number of methoxy groups -OCH3 is 1. The maximum atomic E-state index is 11.9. The molecule has 2 aromatic rings. The second-order valence-corrected chi connectivity index (χ2v) is 4.89. The van der Waals surface area contributed by atoms with Crippen molar-refractivity contribution in [2.24, 2.45) is 5.92 Å². The molecule has 1 fully saturated rings. The molecule has 0 bridgehead atoms. The van der Waals surface area contributed by atoms with Crippen LogP contribution in [0.2, 0.25) is 0 Å². The van der Waals surface area contributed by atoms with Crippen molar-refractivity contribution in [3.05, 3.63) is 30.1 Å². The molecular weight excluding hydrogens is 308 g/mol. The van der Waals surface area contributed by atoms with Crippen LogP contribution in [0.15, 0.2) is 28.8 Å². The highest BCUT2D eigenvalue weighted by Gasteiger charge is 2.20. The average Bonchev–Trinajstić information content (AvgIpc) is 2.95. The lowest BCUT2D eigenvalue weighted by molar-refractivity contribution is 0.0929. The van der Waals surface area contributed by atoms with Crippen molar-refractivity contribution in [2.45, 2.75) is 0 Å². The van der Waals surface area contributed by atoms with E-state index in [1.807, 2.05) is 18.2 Å². The number of nitrogens with one attached hydrogen (secondary N) is 2. The molecule has 1 amide bonds. The summed E-state index contributed by atoms with van der Waals surface area (Å²) in [5, 5.41) is 9.66. The van der Waals surface area contributed by atoms with Gasteiger partial charge in [0.05, 0.1) is 7.11 Å². The smallest absolute Gasteiger partial charge is 0.292 e. The topological polar surface area (TPSA) is 89.3 Å². The number of nitrogens with zero attached hydrogens (tertiary/aromatic N) is 2. The van der Waals surface area contributed by atoms with E-state index in [1.54, 1.807) is 13.2 Å². The third-order valence-electron chi connectivity index (χ3n) is 3.36. The molecule has 1 aliphatic heterocycles. The lowest BCUT2D eigenvalue weighted by atomic mass is 10.0. The number of hydrogen-bond acceptors (Lipinski definition) is 6. The Morgan fingerprint density at radius 3 is 3.00 bits per heavy atom. The molecule has 0 radical (unpaired) electrons. The molecule has 7 nitrogen and oxygen atoms in total. The Hall–Kier alpha value is -2.12. The number of hydrogen-bond donors (Lipinski definition) is 2. The van der Waals surface area contributed by atoms with Gasteiger partial charge in [0.15, 0.2) is 0 Å². The molecule has 0 atom stereocenters. The molecule has 0 unspecified atom stereocenters. The lowest BCUT2D eigenvalue weighted by Gasteiger charge is -2.26. The van der Waals surface area contributed by atoms with Crippen LogP contribution in [0.4, 0.5) is 0 Å². The Labute approximate surface area is 133 Å². The van der Waals surface area contributed by atoms with Gasteiger partial charge >= 0.3 is 0 Å². The highest BCUT2D eigenvalue weighted by molar-refractivity contribution is 5.90. The molecule has 2 N–H and O–H groups in total. The van der Waals surface area contributed by atoms with Gasteiger partial charge in [0.2, 0.25) is 0 Å². The van der Waals surface area contributed by atoms with Crippen LogP contribution >= 0.6 is 12.4 Å². The molecule has 1 aromatic heterocycles. The van der Waals surface area contributed by atoms with Crippen LogP contribution in [-0.4, -0.2) is 42.8 Å². The zero-order valence-electron chi connectivity index (χ0n) is 12.0. The first-order valence-corrected chi connectivity index (χ1v) is 6.73. The Balaban J connectivity index is 0.00000176. The van der Waals surface area contributed by atoms with Crippen molar-refractivity contribution in [3.63, 3.8) is 0 Å². The fourth-order valence-corrected chi connectivity index (χ4v) is 2.00. The minimum atomic E-state index is -0.320. The molecule has 1 aliphatic rings. The molecule has 0 aliphatic carbocycles. The van der Waals surface area contributed by atoms with Gasteiger partial charge < -0.3 is 19.9 Å². The third kappa shape index (κ3) is 3.55. The third-order valence-corrected chi connectivity index (χ3v) is 3.36. The Bertz CT molecular complexity index is 643. The SMILES string of the molecule is COc1cccc(-c2nc(C(=O)NCC3CNC3)no2)c1.Cl. The number of rotatable bonds is 5. The normalized spacial score (nSPS) is 13.9. The number of ether oxygens (including phenoxy) is 1. The van der Waals surface area contributed by atoms with E-state index in [9.17, 15) is 4.79 Å². The van der Waals surface area contributed by atoms with Crippen LogP contribution in [0.5, 0.6) is 5.75 Å². The van der Waals surface area contributed by atoms with Crippen molar-refractivity contribution in [1.82, 2.24) is 20.8 Å². The predicted octanol–water partition coefficient (Wildman–Crippen LogP) is 1.12. The minimum absolute atomic E-state index is 0. The van der Waals surface area contributed by atoms with Gasteiger partial charge in [0.1, 0.15) is 5.75 Å². The second kappa shape index (κ2) is 7.24. The van der Waals surface area contributed by atoms with Crippen LogP contribution in [0.1, 0.15) is 10.6 Å². The summed E-state index contributed by atoms with van der Waals surface area (Å²) in [4.78, 5) is 16.0. The van der Waals surface area contributed by atoms with Crippen LogP contribution < -0.4 is 15.4 Å². The zero-order chi connectivity index (χ0) is 14.7. The Morgan fingerprint density at radius 1 is 1.50 bits per heavy atom. The van der Waals surface area contributed by atoms with E-state index in [0.717, 1.165) is 13.1 Å². The van der Waals surface area contributed by atoms with Crippen LogP contribution in [-0.2, 0) is 0 Å². The van der Waals surface area contributed by atoms with Gasteiger partial charge in [-0.2, -0.15) is 4.98 Å². The first-order valence-electron chi connectivity index (χ1n) is 6.73. The van der Waals surface area contributed by atoms with E-state index >= 15 is 0 Å². The largest absolute Gasteiger partial charge is 0.497 e. The fraction of sp³-hybridized carbons (Fsp3) is 0.357. The summed E-state index contributed by atoms with van der Waals surface area (Å²) in [6.07, 6.45) is 0. The highest BCUT2D eigenvalue weighted by Crippen LogP contribution is 2.22. The van der Waals surface area contributed by atoms with Crippen LogP contribution in [0, 0.1) is 5.92 Å². The Morgan fingerprint density at radius 2 is 2.32 bits per heavy atom.